The largest absolute Gasteiger partial charge is 0.476 e. The van der Waals surface area contributed by atoms with Crippen molar-refractivity contribution in [3.63, 3.8) is 0 Å². The molecule has 0 spiro atoms. The van der Waals surface area contributed by atoms with Crippen LogP contribution in [-0.2, 0) is 29.1 Å². The fourth-order valence-electron chi connectivity index (χ4n) is 3.38. The minimum atomic E-state index is -4.39. The number of esters is 1. The van der Waals surface area contributed by atoms with E-state index in [1.165, 1.54) is 25.3 Å². The summed E-state index contributed by atoms with van der Waals surface area (Å²) in [4.78, 5) is 36.0. The maximum Gasteiger partial charge on any atom is 0.412 e. The Morgan fingerprint density at radius 1 is 1.18 bits per heavy atom. The summed E-state index contributed by atoms with van der Waals surface area (Å²) in [6.45, 7) is 4.53. The highest BCUT2D eigenvalue weighted by atomic mass is 35.5. The number of ether oxygens (including phenoxy) is 3. The standard InChI is InChI=1S/C24H27ClFN3O8S/c1-24(2,3)37-23(32)28-14-5-8-19-18(11-14)29(38(33,34)15-6-7-17(26)16(25)12-15)13-20(36-19)22(31)27-10-9-21(30)35-4/h5-8,11-12,20H,9-10,13H2,1-4H3,(H,27,31)(H,28,32). The van der Waals surface area contributed by atoms with Crippen LogP contribution in [0.3, 0.4) is 0 Å². The van der Waals surface area contributed by atoms with E-state index in [0.717, 1.165) is 22.5 Å². The molecule has 0 fully saturated rings. The second-order valence-electron chi connectivity index (χ2n) is 9.15. The molecule has 1 aliphatic rings. The van der Waals surface area contributed by atoms with Crippen LogP contribution >= 0.6 is 11.6 Å². The van der Waals surface area contributed by atoms with Gasteiger partial charge in [-0.15, -0.1) is 0 Å². The molecular weight excluding hydrogens is 545 g/mol. The van der Waals surface area contributed by atoms with Crippen LogP contribution in [0.1, 0.15) is 27.2 Å². The Balaban J connectivity index is 1.96. The van der Waals surface area contributed by atoms with Crippen LogP contribution in [0.25, 0.3) is 0 Å². The van der Waals surface area contributed by atoms with E-state index >= 15 is 0 Å². The number of nitrogens with zero attached hydrogens (tertiary/aromatic N) is 1. The summed E-state index contributed by atoms with van der Waals surface area (Å²) in [7, 11) is -3.18. The third-order valence-electron chi connectivity index (χ3n) is 5.10. The minimum Gasteiger partial charge on any atom is -0.476 e. The van der Waals surface area contributed by atoms with Crippen LogP contribution < -0.4 is 19.7 Å². The fraction of sp³-hybridized carbons (Fsp3) is 0.375. The zero-order valence-electron chi connectivity index (χ0n) is 21.0. The van der Waals surface area contributed by atoms with E-state index in [-0.39, 0.29) is 35.0 Å². The highest BCUT2D eigenvalue weighted by Crippen LogP contribution is 2.39. The molecule has 1 aliphatic heterocycles. The van der Waals surface area contributed by atoms with Crippen molar-refractivity contribution in [1.29, 1.82) is 0 Å². The van der Waals surface area contributed by atoms with Crippen molar-refractivity contribution in [3.8, 4) is 5.75 Å². The van der Waals surface area contributed by atoms with Gasteiger partial charge in [-0.3, -0.25) is 19.2 Å². The first-order valence-corrected chi connectivity index (χ1v) is 13.2. The number of rotatable bonds is 7. The fourth-order valence-corrected chi connectivity index (χ4v) is 5.12. The van der Waals surface area contributed by atoms with Gasteiger partial charge in [-0.2, -0.15) is 0 Å². The smallest absolute Gasteiger partial charge is 0.412 e. The first kappa shape index (κ1) is 29.0. The normalized spacial score (nSPS) is 15.1. The van der Waals surface area contributed by atoms with Gasteiger partial charge in [0.05, 0.1) is 35.7 Å². The van der Waals surface area contributed by atoms with Gasteiger partial charge in [-0.05, 0) is 57.2 Å². The second kappa shape index (κ2) is 11.4. The van der Waals surface area contributed by atoms with Crippen LogP contribution in [0.4, 0.5) is 20.6 Å². The number of halogens is 2. The van der Waals surface area contributed by atoms with E-state index in [9.17, 15) is 27.2 Å². The molecule has 2 aromatic carbocycles. The second-order valence-corrected chi connectivity index (χ2v) is 11.4. The number of nitrogens with one attached hydrogen (secondary N) is 2. The summed E-state index contributed by atoms with van der Waals surface area (Å²) in [5, 5.41) is 4.62. The molecule has 0 saturated heterocycles. The summed E-state index contributed by atoms with van der Waals surface area (Å²) >= 11 is 5.82. The lowest BCUT2D eigenvalue weighted by atomic mass is 10.2. The summed E-state index contributed by atoms with van der Waals surface area (Å²) in [5.41, 5.74) is -0.565. The van der Waals surface area contributed by atoms with Gasteiger partial charge >= 0.3 is 12.1 Å². The third kappa shape index (κ3) is 7.04. The van der Waals surface area contributed by atoms with E-state index in [4.69, 9.17) is 21.1 Å². The number of carbonyl (C=O) groups excluding carboxylic acids is 3. The average molecular weight is 572 g/mol. The van der Waals surface area contributed by atoms with E-state index < -0.39 is 57.1 Å². The molecule has 206 valence electrons. The van der Waals surface area contributed by atoms with Crippen LogP contribution in [0.5, 0.6) is 5.75 Å². The Hall–Kier alpha value is -3.58. The Kier molecular flexibility index (Phi) is 8.72. The number of benzene rings is 2. The van der Waals surface area contributed by atoms with Gasteiger partial charge in [0.25, 0.3) is 15.9 Å². The molecule has 0 aromatic heterocycles. The molecule has 38 heavy (non-hydrogen) atoms. The van der Waals surface area contributed by atoms with Crippen molar-refractivity contribution < 1.29 is 41.4 Å². The highest BCUT2D eigenvalue weighted by molar-refractivity contribution is 7.92. The first-order chi connectivity index (χ1) is 17.7. The van der Waals surface area contributed by atoms with Crippen molar-refractivity contribution in [2.45, 2.75) is 43.8 Å². The zero-order chi connectivity index (χ0) is 28.3. The van der Waals surface area contributed by atoms with Crippen LogP contribution in [0, 0.1) is 5.82 Å². The summed E-state index contributed by atoms with van der Waals surface area (Å²) in [6, 6.07) is 7.08. The molecule has 0 bridgehead atoms. The van der Waals surface area contributed by atoms with Gasteiger partial charge in [-0.25, -0.2) is 17.6 Å². The number of methoxy groups -OCH3 is 1. The van der Waals surface area contributed by atoms with Crippen LogP contribution in [0.2, 0.25) is 5.02 Å². The SMILES string of the molecule is COC(=O)CCNC(=O)C1CN(S(=O)(=O)c2ccc(F)c(Cl)c2)c2cc(NC(=O)OC(C)(C)C)ccc2O1. The summed E-state index contributed by atoms with van der Waals surface area (Å²) in [5.74, 6) is -1.99. The van der Waals surface area contributed by atoms with Crippen LogP contribution in [0.15, 0.2) is 41.3 Å². The number of anilines is 2. The molecule has 14 heteroatoms. The maximum absolute atomic E-state index is 13.7. The summed E-state index contributed by atoms with van der Waals surface area (Å²) in [6.07, 6.45) is -2.16. The number of carbonyl (C=O) groups is 3. The molecule has 0 saturated carbocycles. The third-order valence-corrected chi connectivity index (χ3v) is 7.17. The molecular formula is C24H27ClFN3O8S. The monoisotopic (exact) mass is 571 g/mol. The van der Waals surface area contributed by atoms with Crippen molar-refractivity contribution >= 4 is 51.0 Å². The first-order valence-electron chi connectivity index (χ1n) is 11.3. The van der Waals surface area contributed by atoms with Gasteiger partial charge in [0, 0.05) is 12.2 Å². The quantitative estimate of drug-likeness (QED) is 0.481. The lowest BCUT2D eigenvalue weighted by Gasteiger charge is -2.35. The van der Waals surface area contributed by atoms with Gasteiger partial charge in [0.1, 0.15) is 17.2 Å². The Morgan fingerprint density at radius 2 is 1.89 bits per heavy atom. The van der Waals surface area contributed by atoms with E-state index in [1.54, 1.807) is 20.8 Å². The van der Waals surface area contributed by atoms with Crippen molar-refractivity contribution in [2.24, 2.45) is 0 Å². The van der Waals surface area contributed by atoms with Gasteiger partial charge in [0.2, 0.25) is 0 Å². The number of amides is 2. The van der Waals surface area contributed by atoms with Crippen molar-refractivity contribution in [2.75, 3.05) is 29.8 Å². The molecule has 11 nitrogen and oxygen atoms in total. The Bertz CT molecular complexity index is 1350. The van der Waals surface area contributed by atoms with Gasteiger partial charge in [0.15, 0.2) is 6.10 Å². The molecule has 1 unspecified atom stereocenters. The topological polar surface area (TPSA) is 140 Å². The van der Waals surface area contributed by atoms with E-state index in [2.05, 4.69) is 15.4 Å². The molecule has 3 rings (SSSR count). The summed E-state index contributed by atoms with van der Waals surface area (Å²) < 4.78 is 57.4. The number of sulfonamides is 1. The molecule has 2 aromatic rings. The van der Waals surface area contributed by atoms with Crippen molar-refractivity contribution in [3.05, 3.63) is 47.2 Å². The number of hydrogen-bond acceptors (Lipinski definition) is 8. The predicted octanol–water partition coefficient (Wildman–Crippen LogP) is 3.46. The zero-order valence-corrected chi connectivity index (χ0v) is 22.6. The Morgan fingerprint density at radius 3 is 2.53 bits per heavy atom. The van der Waals surface area contributed by atoms with Gasteiger partial charge < -0.3 is 19.5 Å². The molecule has 1 atom stereocenters. The number of fused-ring (bicyclic) bond motifs is 1. The molecule has 0 aliphatic carbocycles. The highest BCUT2D eigenvalue weighted by Gasteiger charge is 2.38. The minimum absolute atomic E-state index is 0.0117. The average Bonchev–Trinajstić information content (AvgIpc) is 2.83. The Labute approximate surface area is 224 Å². The number of hydrogen-bond donors (Lipinski definition) is 2. The molecule has 2 amide bonds. The van der Waals surface area contributed by atoms with Crippen LogP contribution in [-0.4, -0.2) is 58.3 Å². The molecule has 0 radical (unpaired) electrons. The van der Waals surface area contributed by atoms with Gasteiger partial charge in [-0.1, -0.05) is 11.6 Å². The van der Waals surface area contributed by atoms with E-state index in [1.807, 2.05) is 0 Å². The lowest BCUT2D eigenvalue weighted by molar-refractivity contribution is -0.140. The van der Waals surface area contributed by atoms with E-state index in [0.29, 0.717) is 0 Å². The molecule has 1 heterocycles. The predicted molar refractivity (Wildman–Crippen MR) is 136 cm³/mol. The maximum atomic E-state index is 13.7. The lowest BCUT2D eigenvalue weighted by Crippen LogP contribution is -2.51. The molecule has 2 N–H and O–H groups in total. The van der Waals surface area contributed by atoms with Crippen molar-refractivity contribution in [1.82, 2.24) is 5.32 Å².